The van der Waals surface area contributed by atoms with Gasteiger partial charge in [-0.25, -0.2) is 8.42 Å². The molecule has 0 spiro atoms. The molecule has 32 heavy (non-hydrogen) atoms. The topological polar surface area (TPSA) is 46.6 Å². The highest BCUT2D eigenvalue weighted by molar-refractivity contribution is 8.01. The van der Waals surface area contributed by atoms with Gasteiger partial charge in [0.25, 0.3) is 0 Å². The van der Waals surface area contributed by atoms with E-state index in [0.29, 0.717) is 18.0 Å². The van der Waals surface area contributed by atoms with Crippen LogP contribution in [0.3, 0.4) is 0 Å². The maximum absolute atomic E-state index is 13.5. The van der Waals surface area contributed by atoms with Gasteiger partial charge < -0.3 is 4.74 Å². The highest BCUT2D eigenvalue weighted by atomic mass is 32.2. The van der Waals surface area contributed by atoms with E-state index < -0.39 is 10.0 Å². The van der Waals surface area contributed by atoms with Gasteiger partial charge >= 0.3 is 0 Å². The molecular formula is C26H29NO3S2. The Morgan fingerprint density at radius 2 is 1.69 bits per heavy atom. The van der Waals surface area contributed by atoms with Gasteiger partial charge in [-0.2, -0.15) is 4.31 Å². The maximum Gasteiger partial charge on any atom is 0.244 e. The highest BCUT2D eigenvalue weighted by Crippen LogP contribution is 2.42. The molecule has 0 bridgehead atoms. The van der Waals surface area contributed by atoms with E-state index in [1.807, 2.05) is 66.7 Å². The number of hydrogen-bond donors (Lipinski definition) is 0. The van der Waals surface area contributed by atoms with Gasteiger partial charge in [-0.15, -0.1) is 11.8 Å². The number of nitrogens with zero attached hydrogens (tertiary/aromatic N) is 1. The largest absolute Gasteiger partial charge is 0.489 e. The Bertz CT molecular complexity index is 1150. The summed E-state index contributed by atoms with van der Waals surface area (Å²) in [6, 6.07) is 25.1. The van der Waals surface area contributed by atoms with Crippen molar-refractivity contribution in [2.75, 3.05) is 12.3 Å². The lowest BCUT2D eigenvalue weighted by molar-refractivity contribution is 0.305. The molecule has 0 N–H and O–H groups in total. The van der Waals surface area contributed by atoms with Crippen molar-refractivity contribution >= 4 is 21.8 Å². The molecule has 0 radical (unpaired) electrons. The minimum absolute atomic E-state index is 0.0193. The lowest BCUT2D eigenvalue weighted by atomic mass is 9.87. The van der Waals surface area contributed by atoms with Crippen LogP contribution in [0.5, 0.6) is 5.75 Å². The Balaban J connectivity index is 1.54. The molecule has 1 unspecified atom stereocenters. The summed E-state index contributed by atoms with van der Waals surface area (Å²) in [6.07, 6.45) is 0. The van der Waals surface area contributed by atoms with E-state index in [9.17, 15) is 8.42 Å². The number of sulfonamides is 1. The molecule has 0 amide bonds. The summed E-state index contributed by atoms with van der Waals surface area (Å²) in [7, 11) is -3.59. The zero-order valence-electron chi connectivity index (χ0n) is 18.7. The number of rotatable bonds is 6. The Morgan fingerprint density at radius 3 is 2.38 bits per heavy atom. The van der Waals surface area contributed by atoms with Gasteiger partial charge in [-0.05, 0) is 46.4 Å². The molecule has 4 nitrogen and oxygen atoms in total. The van der Waals surface area contributed by atoms with Crippen molar-refractivity contribution < 1.29 is 13.2 Å². The van der Waals surface area contributed by atoms with Crippen LogP contribution in [-0.4, -0.2) is 25.0 Å². The fraction of sp³-hybridized carbons (Fsp3) is 0.308. The highest BCUT2D eigenvalue weighted by Gasteiger charge is 2.37. The predicted molar refractivity (Wildman–Crippen MR) is 131 cm³/mol. The number of ether oxygens (including phenoxy) is 1. The smallest absolute Gasteiger partial charge is 0.244 e. The molecule has 1 aliphatic rings. The van der Waals surface area contributed by atoms with Crippen LogP contribution >= 0.6 is 11.8 Å². The average molecular weight is 468 g/mol. The molecule has 4 rings (SSSR count). The third-order valence-corrected chi connectivity index (χ3v) is 8.84. The van der Waals surface area contributed by atoms with Gasteiger partial charge in [0.2, 0.25) is 10.0 Å². The molecule has 1 atom stereocenters. The Kier molecular flexibility index (Phi) is 6.65. The summed E-state index contributed by atoms with van der Waals surface area (Å²) in [6.45, 7) is 7.33. The summed E-state index contributed by atoms with van der Waals surface area (Å²) in [5.41, 5.74) is 3.13. The Labute approximate surface area is 195 Å². The maximum atomic E-state index is 13.5. The second-order valence-electron chi connectivity index (χ2n) is 8.96. The summed E-state index contributed by atoms with van der Waals surface area (Å²) in [4.78, 5) is 0.342. The zero-order valence-corrected chi connectivity index (χ0v) is 20.3. The fourth-order valence-corrected chi connectivity index (χ4v) is 6.95. The number of thioether (sulfide) groups is 1. The van der Waals surface area contributed by atoms with Gasteiger partial charge in [0.15, 0.2) is 0 Å². The van der Waals surface area contributed by atoms with Crippen molar-refractivity contribution in [3.63, 3.8) is 0 Å². The van der Waals surface area contributed by atoms with Crippen molar-refractivity contribution in [1.29, 1.82) is 0 Å². The van der Waals surface area contributed by atoms with E-state index in [-0.39, 0.29) is 10.8 Å². The second-order valence-corrected chi connectivity index (χ2v) is 12.0. The lowest BCUT2D eigenvalue weighted by Crippen LogP contribution is -2.30. The van der Waals surface area contributed by atoms with E-state index in [2.05, 4.69) is 20.8 Å². The molecule has 1 heterocycles. The van der Waals surface area contributed by atoms with Crippen LogP contribution in [0.2, 0.25) is 0 Å². The van der Waals surface area contributed by atoms with Crippen LogP contribution in [0.15, 0.2) is 83.8 Å². The van der Waals surface area contributed by atoms with Crippen LogP contribution < -0.4 is 4.74 Å². The first-order valence-electron chi connectivity index (χ1n) is 10.8. The first-order valence-corrected chi connectivity index (χ1v) is 13.2. The monoisotopic (exact) mass is 467 g/mol. The lowest BCUT2D eigenvalue weighted by Gasteiger charge is -2.25. The molecule has 1 aliphatic heterocycles. The molecule has 168 valence electrons. The van der Waals surface area contributed by atoms with Gasteiger partial charge in [0, 0.05) is 12.3 Å². The fourth-order valence-electron chi connectivity index (χ4n) is 3.72. The molecule has 3 aromatic carbocycles. The minimum Gasteiger partial charge on any atom is -0.489 e. The molecule has 6 heteroatoms. The van der Waals surface area contributed by atoms with E-state index in [1.54, 1.807) is 28.2 Å². The van der Waals surface area contributed by atoms with Gasteiger partial charge in [-0.1, -0.05) is 75.4 Å². The van der Waals surface area contributed by atoms with Crippen molar-refractivity contribution in [2.45, 2.75) is 43.1 Å². The van der Waals surface area contributed by atoms with Crippen LogP contribution in [0.25, 0.3) is 0 Å². The molecule has 0 saturated carbocycles. The quantitative estimate of drug-likeness (QED) is 0.446. The molecular weight excluding hydrogens is 438 g/mol. The first-order chi connectivity index (χ1) is 15.2. The van der Waals surface area contributed by atoms with E-state index >= 15 is 0 Å². The van der Waals surface area contributed by atoms with Crippen molar-refractivity contribution in [3.8, 4) is 5.75 Å². The van der Waals surface area contributed by atoms with Crippen LogP contribution in [0, 0.1) is 0 Å². The van der Waals surface area contributed by atoms with E-state index in [4.69, 9.17) is 4.74 Å². The summed E-state index contributed by atoms with van der Waals surface area (Å²) in [5.74, 6) is 1.50. The standard InChI is InChI=1S/C26H29NO3S2/c1-26(2,3)22-12-14-24(15-13-22)32(28,29)27-16-17-31-25(27)21-10-7-11-23(18-21)30-19-20-8-5-4-6-9-20/h4-15,18,25H,16-17,19H2,1-3H3. The van der Waals surface area contributed by atoms with E-state index in [0.717, 1.165) is 28.2 Å². The van der Waals surface area contributed by atoms with Crippen molar-refractivity contribution in [3.05, 3.63) is 95.6 Å². The predicted octanol–water partition coefficient (Wildman–Crippen LogP) is 6.00. The Morgan fingerprint density at radius 1 is 0.969 bits per heavy atom. The molecule has 0 aliphatic carbocycles. The first kappa shape index (κ1) is 22.9. The van der Waals surface area contributed by atoms with Gasteiger partial charge in [0.05, 0.1) is 10.3 Å². The molecule has 1 saturated heterocycles. The summed E-state index contributed by atoms with van der Waals surface area (Å²) >= 11 is 1.65. The normalized spacial score (nSPS) is 17.4. The van der Waals surface area contributed by atoms with Gasteiger partial charge in [0.1, 0.15) is 12.4 Å². The van der Waals surface area contributed by atoms with Crippen molar-refractivity contribution in [1.82, 2.24) is 4.31 Å². The molecule has 0 aromatic heterocycles. The third-order valence-electron chi connectivity index (χ3n) is 5.57. The minimum atomic E-state index is -3.59. The second kappa shape index (κ2) is 9.30. The van der Waals surface area contributed by atoms with E-state index in [1.165, 1.54) is 0 Å². The number of hydrogen-bond acceptors (Lipinski definition) is 4. The summed E-state index contributed by atoms with van der Waals surface area (Å²) in [5, 5.41) is -0.262. The third kappa shape index (κ3) is 5.03. The van der Waals surface area contributed by atoms with Crippen molar-refractivity contribution in [2.24, 2.45) is 0 Å². The Hall–Kier alpha value is -2.28. The van der Waals surface area contributed by atoms with Crippen LogP contribution in [0.1, 0.15) is 42.8 Å². The molecule has 1 fully saturated rings. The van der Waals surface area contributed by atoms with Gasteiger partial charge in [-0.3, -0.25) is 0 Å². The van der Waals surface area contributed by atoms with Crippen LogP contribution in [-0.2, 0) is 22.0 Å². The van der Waals surface area contributed by atoms with Crippen LogP contribution in [0.4, 0.5) is 0 Å². The summed E-state index contributed by atoms with van der Waals surface area (Å²) < 4.78 is 34.5. The zero-order chi connectivity index (χ0) is 22.8. The average Bonchev–Trinajstić information content (AvgIpc) is 3.29. The SMILES string of the molecule is CC(C)(C)c1ccc(S(=O)(=O)N2CCSC2c2cccc(OCc3ccccc3)c2)cc1. The number of benzene rings is 3. The molecule has 3 aromatic rings.